The van der Waals surface area contributed by atoms with E-state index in [2.05, 4.69) is 23.6 Å². The zero-order chi connectivity index (χ0) is 15.1. The number of nitrogens with zero attached hydrogens (tertiary/aromatic N) is 1. The first kappa shape index (κ1) is 16.0. The fourth-order valence-electron chi connectivity index (χ4n) is 3.06. The second-order valence-electron chi connectivity index (χ2n) is 5.47. The molecule has 5 heteroatoms. The van der Waals surface area contributed by atoms with Crippen LogP contribution in [-0.2, 0) is 6.54 Å². The van der Waals surface area contributed by atoms with Crippen LogP contribution in [0, 0.1) is 0 Å². The monoisotopic (exact) mass is 344 g/mol. The molecule has 3 heterocycles. The van der Waals surface area contributed by atoms with E-state index in [1.54, 1.807) is 15.7 Å². The maximum Gasteiger partial charge on any atom is 0.263 e. The van der Waals surface area contributed by atoms with Crippen molar-refractivity contribution in [3.05, 3.63) is 69.5 Å². The van der Waals surface area contributed by atoms with Gasteiger partial charge in [0, 0.05) is 18.3 Å². The molecule has 0 saturated carbocycles. The molecule has 2 N–H and O–H groups in total. The molecular weight excluding hydrogens is 328 g/mol. The van der Waals surface area contributed by atoms with Crippen molar-refractivity contribution in [1.29, 1.82) is 0 Å². The summed E-state index contributed by atoms with van der Waals surface area (Å²) in [5.41, 5.74) is 9.72. The maximum absolute atomic E-state index is 12.9. The van der Waals surface area contributed by atoms with Crippen LogP contribution in [0.15, 0.2) is 52.8 Å². The number of rotatable bonds is 2. The van der Waals surface area contributed by atoms with E-state index in [1.165, 1.54) is 0 Å². The molecule has 118 valence electrons. The minimum absolute atomic E-state index is 0. The summed E-state index contributed by atoms with van der Waals surface area (Å²) in [5, 5.41) is 3.21. The molecule has 0 fully saturated rings. The molecule has 0 aromatic carbocycles. The van der Waals surface area contributed by atoms with Gasteiger partial charge in [0.15, 0.2) is 0 Å². The lowest BCUT2D eigenvalue weighted by Crippen LogP contribution is -2.20. The lowest BCUT2D eigenvalue weighted by atomic mass is 9.98. The quantitative estimate of drug-likeness (QED) is 0.759. The number of hydrogen-bond donors (Lipinski definition) is 1. The number of halogens is 1. The molecule has 4 rings (SSSR count). The molecule has 3 aromatic heterocycles. The summed E-state index contributed by atoms with van der Waals surface area (Å²) in [6.45, 7) is 0.421. The number of pyridine rings is 2. The largest absolute Gasteiger partial charge is 0.326 e. The number of hydrogen-bond acceptors (Lipinski definition) is 3. The van der Waals surface area contributed by atoms with Crippen LogP contribution in [0.1, 0.15) is 24.0 Å². The third-order valence-electron chi connectivity index (χ3n) is 4.15. The van der Waals surface area contributed by atoms with Gasteiger partial charge in [0.25, 0.3) is 5.56 Å². The Balaban J connectivity index is 0.00000156. The first-order chi connectivity index (χ1) is 10.8. The van der Waals surface area contributed by atoms with Gasteiger partial charge in [0.05, 0.1) is 10.2 Å². The van der Waals surface area contributed by atoms with E-state index in [4.69, 9.17) is 5.73 Å². The van der Waals surface area contributed by atoms with Gasteiger partial charge in [0.1, 0.15) is 0 Å². The van der Waals surface area contributed by atoms with Crippen LogP contribution in [-0.4, -0.2) is 4.40 Å². The Bertz CT molecular complexity index is 997. The van der Waals surface area contributed by atoms with Crippen molar-refractivity contribution in [2.75, 3.05) is 0 Å². The molecule has 0 radical (unpaired) electrons. The van der Waals surface area contributed by atoms with Crippen molar-refractivity contribution < 1.29 is 0 Å². The summed E-state index contributed by atoms with van der Waals surface area (Å²) < 4.78 is 2.87. The molecule has 0 spiro atoms. The summed E-state index contributed by atoms with van der Waals surface area (Å²) in [5.74, 6) is 0. The van der Waals surface area contributed by atoms with Gasteiger partial charge in [0.2, 0.25) is 0 Å². The first-order valence-corrected chi connectivity index (χ1v) is 8.29. The molecule has 3 aromatic rings. The Kier molecular flexibility index (Phi) is 4.39. The van der Waals surface area contributed by atoms with Crippen molar-refractivity contribution in [1.82, 2.24) is 4.40 Å². The number of thiophene rings is 1. The van der Waals surface area contributed by atoms with Gasteiger partial charge in [-0.25, -0.2) is 0 Å². The van der Waals surface area contributed by atoms with E-state index < -0.39 is 0 Å². The average Bonchev–Trinajstić information content (AvgIpc) is 3.05. The topological polar surface area (TPSA) is 47.5 Å². The zero-order valence-corrected chi connectivity index (χ0v) is 14.1. The lowest BCUT2D eigenvalue weighted by molar-refractivity contribution is 1.01. The molecule has 0 saturated heterocycles. The average molecular weight is 345 g/mol. The predicted molar refractivity (Wildman–Crippen MR) is 101 cm³/mol. The van der Waals surface area contributed by atoms with Gasteiger partial charge >= 0.3 is 0 Å². The molecule has 0 unspecified atom stereocenters. The van der Waals surface area contributed by atoms with Crippen molar-refractivity contribution in [2.24, 2.45) is 5.73 Å². The van der Waals surface area contributed by atoms with Gasteiger partial charge < -0.3 is 5.73 Å². The molecule has 1 aliphatic rings. The predicted octanol–water partition coefficient (Wildman–Crippen LogP) is 4.13. The van der Waals surface area contributed by atoms with E-state index in [1.807, 2.05) is 24.4 Å². The summed E-state index contributed by atoms with van der Waals surface area (Å²) in [6.07, 6.45) is 10.2. The normalized spacial score (nSPS) is 14.0. The second kappa shape index (κ2) is 6.32. The standard InChI is InChI=1S/C18H16N2OS.ClH/c19-11-14-10-15(12-4-2-1-3-5-12)18(21)20-8-6-13-7-9-22-17(13)16(14)20;/h2,4-10H,1,3,11,19H2;1H. The smallest absolute Gasteiger partial charge is 0.263 e. The second-order valence-corrected chi connectivity index (χ2v) is 6.39. The first-order valence-electron chi connectivity index (χ1n) is 7.41. The molecule has 3 nitrogen and oxygen atoms in total. The Hall–Kier alpha value is -1.88. The van der Waals surface area contributed by atoms with Gasteiger partial charge in [-0.2, -0.15) is 0 Å². The van der Waals surface area contributed by atoms with Crippen LogP contribution in [0.5, 0.6) is 0 Å². The highest BCUT2D eigenvalue weighted by Gasteiger charge is 2.14. The van der Waals surface area contributed by atoms with E-state index in [-0.39, 0.29) is 18.0 Å². The third-order valence-corrected chi connectivity index (χ3v) is 5.09. The minimum atomic E-state index is 0. The van der Waals surface area contributed by atoms with Crippen molar-refractivity contribution >= 4 is 44.9 Å². The Morgan fingerprint density at radius 3 is 2.87 bits per heavy atom. The third kappa shape index (κ3) is 2.53. The number of aromatic nitrogens is 1. The van der Waals surface area contributed by atoms with E-state index in [0.29, 0.717) is 6.54 Å². The lowest BCUT2D eigenvalue weighted by Gasteiger charge is -2.13. The fourth-order valence-corrected chi connectivity index (χ4v) is 4.03. The Morgan fingerprint density at radius 2 is 2.13 bits per heavy atom. The van der Waals surface area contributed by atoms with Crippen LogP contribution >= 0.6 is 23.7 Å². The molecule has 23 heavy (non-hydrogen) atoms. The summed E-state index contributed by atoms with van der Waals surface area (Å²) in [6, 6.07) is 6.04. The summed E-state index contributed by atoms with van der Waals surface area (Å²) in [4.78, 5) is 12.9. The molecule has 0 atom stereocenters. The van der Waals surface area contributed by atoms with Crippen LogP contribution in [0.4, 0.5) is 0 Å². The number of allylic oxidation sites excluding steroid dienone is 4. The molecule has 0 aliphatic heterocycles. The number of nitrogens with two attached hydrogens (primary N) is 1. The van der Waals surface area contributed by atoms with Gasteiger partial charge in [-0.1, -0.05) is 18.2 Å². The van der Waals surface area contributed by atoms with E-state index in [0.717, 1.165) is 45.1 Å². The van der Waals surface area contributed by atoms with Gasteiger partial charge in [-0.3, -0.25) is 9.20 Å². The zero-order valence-electron chi connectivity index (χ0n) is 12.5. The molecular formula is C18H17ClN2OS. The van der Waals surface area contributed by atoms with E-state index >= 15 is 0 Å². The van der Waals surface area contributed by atoms with Crippen molar-refractivity contribution in [2.45, 2.75) is 19.4 Å². The van der Waals surface area contributed by atoms with Crippen molar-refractivity contribution in [3.8, 4) is 0 Å². The van der Waals surface area contributed by atoms with Crippen LogP contribution < -0.4 is 11.3 Å². The summed E-state index contributed by atoms with van der Waals surface area (Å²) in [7, 11) is 0. The fraction of sp³-hybridized carbons (Fsp3) is 0.167. The highest BCUT2D eigenvalue weighted by Crippen LogP contribution is 2.29. The van der Waals surface area contributed by atoms with Crippen molar-refractivity contribution in [3.63, 3.8) is 0 Å². The highest BCUT2D eigenvalue weighted by molar-refractivity contribution is 7.18. The molecule has 1 aliphatic carbocycles. The van der Waals surface area contributed by atoms with Crippen LogP contribution in [0.3, 0.4) is 0 Å². The van der Waals surface area contributed by atoms with Gasteiger partial charge in [-0.15, -0.1) is 23.7 Å². The SMILES string of the molecule is Cl.NCc1cc(C2=CCCC=C2)c(=O)n2ccc3ccsc3c12. The van der Waals surface area contributed by atoms with E-state index in [9.17, 15) is 4.79 Å². The van der Waals surface area contributed by atoms with Crippen LogP contribution in [0.25, 0.3) is 21.2 Å². The Morgan fingerprint density at radius 1 is 1.26 bits per heavy atom. The Labute approximate surface area is 144 Å². The minimum Gasteiger partial charge on any atom is -0.326 e. The van der Waals surface area contributed by atoms with Crippen LogP contribution in [0.2, 0.25) is 0 Å². The van der Waals surface area contributed by atoms with Gasteiger partial charge in [-0.05, 0) is 52.9 Å². The summed E-state index contributed by atoms with van der Waals surface area (Å²) >= 11 is 1.65. The highest BCUT2D eigenvalue weighted by atomic mass is 35.5. The molecule has 0 amide bonds. The molecule has 0 bridgehead atoms. The number of fused-ring (bicyclic) bond motifs is 3. The maximum atomic E-state index is 12.9.